The van der Waals surface area contributed by atoms with Crippen molar-refractivity contribution < 1.29 is 9.84 Å². The van der Waals surface area contributed by atoms with E-state index >= 15 is 0 Å². The predicted molar refractivity (Wildman–Crippen MR) is 85.8 cm³/mol. The van der Waals surface area contributed by atoms with Gasteiger partial charge in [0.15, 0.2) is 0 Å². The van der Waals surface area contributed by atoms with Crippen LogP contribution in [0.2, 0.25) is 0 Å². The summed E-state index contributed by atoms with van der Waals surface area (Å²) in [6, 6.07) is 8.08. The lowest BCUT2D eigenvalue weighted by Gasteiger charge is -2.45. The third-order valence-corrected chi connectivity index (χ3v) is 5.61. The van der Waals surface area contributed by atoms with Gasteiger partial charge >= 0.3 is 0 Å². The Balaban J connectivity index is 2.10. The number of methoxy groups -OCH3 is 1. The summed E-state index contributed by atoms with van der Waals surface area (Å²) < 4.78 is 6.84. The highest BCUT2D eigenvalue weighted by molar-refractivity contribution is 9.10. The molecule has 0 bridgehead atoms. The van der Waals surface area contributed by atoms with Crippen molar-refractivity contribution in [2.45, 2.75) is 57.7 Å². The SMILES string of the molecule is COC1(C(O)Cc2ccccc2Br)CCC(C)(C)CC1. The first-order chi connectivity index (χ1) is 9.38. The van der Waals surface area contributed by atoms with Gasteiger partial charge < -0.3 is 9.84 Å². The Labute approximate surface area is 130 Å². The Morgan fingerprint density at radius 1 is 1.20 bits per heavy atom. The standard InChI is InChI=1S/C17H25BrO2/c1-16(2)8-10-17(20-3,11-9-16)15(19)12-13-6-4-5-7-14(13)18/h4-7,15,19H,8-12H2,1-3H3. The molecule has 112 valence electrons. The molecule has 1 aliphatic carbocycles. The Morgan fingerprint density at radius 2 is 1.80 bits per heavy atom. The summed E-state index contributed by atoms with van der Waals surface area (Å²) in [5.41, 5.74) is 1.13. The highest BCUT2D eigenvalue weighted by Gasteiger charge is 2.43. The van der Waals surface area contributed by atoms with E-state index in [-0.39, 0.29) is 5.60 Å². The summed E-state index contributed by atoms with van der Waals surface area (Å²) in [7, 11) is 1.74. The van der Waals surface area contributed by atoms with E-state index in [0.717, 1.165) is 35.7 Å². The van der Waals surface area contributed by atoms with Crippen LogP contribution in [0.4, 0.5) is 0 Å². The maximum Gasteiger partial charge on any atom is 0.0940 e. The summed E-state index contributed by atoms with van der Waals surface area (Å²) in [5.74, 6) is 0. The maximum atomic E-state index is 10.7. The third-order valence-electron chi connectivity index (χ3n) is 4.83. The van der Waals surface area contributed by atoms with E-state index < -0.39 is 6.10 Å². The summed E-state index contributed by atoms with van der Waals surface area (Å²) in [6.07, 6.45) is 4.25. The molecule has 0 aromatic heterocycles. The molecule has 1 aliphatic rings. The molecule has 1 fully saturated rings. The summed E-state index contributed by atoms with van der Waals surface area (Å²) >= 11 is 3.55. The fraction of sp³-hybridized carbons (Fsp3) is 0.647. The van der Waals surface area contributed by atoms with Gasteiger partial charge in [-0.25, -0.2) is 0 Å². The summed E-state index contributed by atoms with van der Waals surface area (Å²) in [6.45, 7) is 4.60. The fourth-order valence-electron chi connectivity index (χ4n) is 3.08. The number of benzene rings is 1. The van der Waals surface area contributed by atoms with E-state index in [4.69, 9.17) is 4.74 Å². The van der Waals surface area contributed by atoms with Crippen LogP contribution in [0.15, 0.2) is 28.7 Å². The summed E-state index contributed by atoms with van der Waals surface area (Å²) in [5, 5.41) is 10.7. The van der Waals surface area contributed by atoms with Crippen molar-refractivity contribution >= 4 is 15.9 Å². The third kappa shape index (κ3) is 3.44. The molecule has 0 saturated heterocycles. The van der Waals surface area contributed by atoms with Gasteiger partial charge in [0.2, 0.25) is 0 Å². The van der Waals surface area contributed by atoms with E-state index in [9.17, 15) is 5.11 Å². The van der Waals surface area contributed by atoms with Crippen molar-refractivity contribution in [3.05, 3.63) is 34.3 Å². The lowest BCUT2D eigenvalue weighted by atomic mass is 9.68. The van der Waals surface area contributed by atoms with Crippen molar-refractivity contribution in [3.63, 3.8) is 0 Å². The zero-order valence-corrected chi connectivity index (χ0v) is 14.2. The van der Waals surface area contributed by atoms with E-state index in [0.29, 0.717) is 11.8 Å². The normalized spacial score (nSPS) is 22.4. The van der Waals surface area contributed by atoms with Gasteiger partial charge in [0.25, 0.3) is 0 Å². The summed E-state index contributed by atoms with van der Waals surface area (Å²) in [4.78, 5) is 0. The Bertz CT molecular complexity index is 446. The highest BCUT2D eigenvalue weighted by atomic mass is 79.9. The minimum absolute atomic E-state index is 0.370. The van der Waals surface area contributed by atoms with Gasteiger partial charge in [0, 0.05) is 18.0 Å². The zero-order chi connectivity index (χ0) is 14.8. The molecule has 1 aromatic rings. The monoisotopic (exact) mass is 340 g/mol. The molecule has 1 atom stereocenters. The van der Waals surface area contributed by atoms with Crippen LogP contribution in [0.25, 0.3) is 0 Å². The van der Waals surface area contributed by atoms with Crippen LogP contribution in [0, 0.1) is 5.41 Å². The minimum atomic E-state index is -0.456. The largest absolute Gasteiger partial charge is 0.390 e. The Kier molecular flexibility index (Phi) is 4.93. The van der Waals surface area contributed by atoms with Crippen LogP contribution in [0.3, 0.4) is 0 Å². The van der Waals surface area contributed by atoms with E-state index in [1.54, 1.807) is 7.11 Å². The van der Waals surface area contributed by atoms with Crippen molar-refractivity contribution in [3.8, 4) is 0 Å². The second-order valence-corrected chi connectivity index (χ2v) is 7.60. The van der Waals surface area contributed by atoms with Crippen LogP contribution in [-0.4, -0.2) is 23.9 Å². The number of ether oxygens (including phenoxy) is 1. The number of aliphatic hydroxyl groups is 1. The molecule has 1 unspecified atom stereocenters. The lowest BCUT2D eigenvalue weighted by molar-refractivity contribution is -0.135. The number of aliphatic hydroxyl groups excluding tert-OH is 1. The number of rotatable bonds is 4. The van der Waals surface area contributed by atoms with Crippen molar-refractivity contribution in [1.29, 1.82) is 0 Å². The van der Waals surface area contributed by atoms with Crippen LogP contribution in [-0.2, 0) is 11.2 Å². The first-order valence-corrected chi connectivity index (χ1v) is 8.14. The second kappa shape index (κ2) is 6.17. The minimum Gasteiger partial charge on any atom is -0.390 e. The van der Waals surface area contributed by atoms with Gasteiger partial charge in [-0.2, -0.15) is 0 Å². The van der Waals surface area contributed by atoms with Crippen molar-refractivity contribution in [1.82, 2.24) is 0 Å². The Morgan fingerprint density at radius 3 is 2.35 bits per heavy atom. The van der Waals surface area contributed by atoms with Gasteiger partial charge in [-0.05, 0) is 42.7 Å². The molecule has 3 heteroatoms. The molecule has 1 aromatic carbocycles. The maximum absolute atomic E-state index is 10.7. The fourth-order valence-corrected chi connectivity index (χ4v) is 3.53. The quantitative estimate of drug-likeness (QED) is 0.883. The van der Waals surface area contributed by atoms with Crippen molar-refractivity contribution in [2.75, 3.05) is 7.11 Å². The van der Waals surface area contributed by atoms with E-state index in [1.165, 1.54) is 0 Å². The molecule has 2 nitrogen and oxygen atoms in total. The molecular formula is C17H25BrO2. The first kappa shape index (κ1) is 16.0. The molecule has 0 heterocycles. The molecule has 0 radical (unpaired) electrons. The average Bonchev–Trinajstić information content (AvgIpc) is 2.42. The molecular weight excluding hydrogens is 316 g/mol. The molecule has 1 saturated carbocycles. The van der Waals surface area contributed by atoms with E-state index in [1.807, 2.05) is 18.2 Å². The van der Waals surface area contributed by atoms with Crippen LogP contribution < -0.4 is 0 Å². The van der Waals surface area contributed by atoms with E-state index in [2.05, 4.69) is 35.8 Å². The lowest BCUT2D eigenvalue weighted by Crippen LogP contribution is -2.49. The predicted octanol–water partition coefficient (Wildman–Crippen LogP) is 4.34. The molecule has 20 heavy (non-hydrogen) atoms. The number of hydrogen-bond donors (Lipinski definition) is 1. The van der Waals surface area contributed by atoms with Crippen LogP contribution in [0.5, 0.6) is 0 Å². The van der Waals surface area contributed by atoms with Crippen LogP contribution in [0.1, 0.15) is 45.1 Å². The topological polar surface area (TPSA) is 29.5 Å². The molecule has 0 aliphatic heterocycles. The molecule has 2 rings (SSSR count). The van der Waals surface area contributed by atoms with Gasteiger partial charge in [-0.1, -0.05) is 48.0 Å². The van der Waals surface area contributed by atoms with Gasteiger partial charge in [-0.3, -0.25) is 0 Å². The zero-order valence-electron chi connectivity index (χ0n) is 12.7. The first-order valence-electron chi connectivity index (χ1n) is 7.35. The van der Waals surface area contributed by atoms with Gasteiger partial charge in [-0.15, -0.1) is 0 Å². The number of halogens is 1. The second-order valence-electron chi connectivity index (χ2n) is 6.74. The molecule has 0 amide bonds. The molecule has 0 spiro atoms. The molecule has 1 N–H and O–H groups in total. The van der Waals surface area contributed by atoms with Crippen molar-refractivity contribution in [2.24, 2.45) is 5.41 Å². The van der Waals surface area contributed by atoms with Gasteiger partial charge in [0.1, 0.15) is 0 Å². The smallest absolute Gasteiger partial charge is 0.0940 e. The average molecular weight is 341 g/mol. The highest BCUT2D eigenvalue weighted by Crippen LogP contribution is 2.44. The Hall–Kier alpha value is -0.380. The number of hydrogen-bond acceptors (Lipinski definition) is 2. The van der Waals surface area contributed by atoms with Crippen LogP contribution >= 0.6 is 15.9 Å². The van der Waals surface area contributed by atoms with Gasteiger partial charge in [0.05, 0.1) is 11.7 Å².